The Kier molecular flexibility index (Phi) is 58.3. The molecular formula is C72H128N2O7P+. The third-order valence-electron chi connectivity index (χ3n) is 14.4. The Balaban J connectivity index is 5.17. The number of rotatable bonds is 60. The van der Waals surface area contributed by atoms with E-state index in [9.17, 15) is 19.0 Å². The van der Waals surface area contributed by atoms with Crippen LogP contribution in [0, 0.1) is 0 Å². The second-order valence-electron chi connectivity index (χ2n) is 23.6. The molecule has 0 aromatic rings. The molecule has 0 bridgehead atoms. The van der Waals surface area contributed by atoms with Gasteiger partial charge < -0.3 is 19.4 Å². The van der Waals surface area contributed by atoms with Crippen LogP contribution >= 0.6 is 7.82 Å². The summed E-state index contributed by atoms with van der Waals surface area (Å²) in [5, 5.41) is 3.05. The maximum absolute atomic E-state index is 13.6. The molecule has 0 aromatic carbocycles. The zero-order chi connectivity index (χ0) is 60.0. The van der Waals surface area contributed by atoms with E-state index in [0.717, 1.165) is 135 Å². The molecule has 0 fully saturated rings. The quantitative estimate of drug-likeness (QED) is 0.0205. The summed E-state index contributed by atoms with van der Waals surface area (Å²) >= 11 is 0. The fourth-order valence-electron chi connectivity index (χ4n) is 9.27. The Hall–Kier alpha value is -3.33. The largest absolute Gasteiger partial charge is 0.472 e. The molecule has 1 amide bonds. The van der Waals surface area contributed by atoms with Crippen LogP contribution in [-0.4, -0.2) is 74.3 Å². The SMILES string of the molecule is CC/C=C\C/C=C\C/C=C\C/C=C\C/C=C\CCCCCCCCCCCC(=O)OC(/C=C\CCCCCCCCCCCC)C(COP(=O)(O)OCC[N+](C)(C)C)NC(=O)CCCCCCCC/C=C\C/C=C\C/C=C\CCCCC. The number of ether oxygens (including phenoxy) is 1. The molecule has 0 rings (SSSR count). The molecular weight excluding hydrogens is 1040 g/mol. The number of quaternary nitrogens is 1. The fraction of sp³-hybridized carbons (Fsp3) is 0.722. The van der Waals surface area contributed by atoms with Crippen molar-refractivity contribution in [3.05, 3.63) is 109 Å². The lowest BCUT2D eigenvalue weighted by Gasteiger charge is -2.27. The molecule has 0 spiro atoms. The summed E-state index contributed by atoms with van der Waals surface area (Å²) in [7, 11) is 1.47. The summed E-state index contributed by atoms with van der Waals surface area (Å²) in [6.07, 6.45) is 83.7. The molecule has 0 saturated carbocycles. The first-order chi connectivity index (χ1) is 39.9. The van der Waals surface area contributed by atoms with Gasteiger partial charge in [0.15, 0.2) is 0 Å². The van der Waals surface area contributed by atoms with Crippen LogP contribution in [0.15, 0.2) is 109 Å². The lowest BCUT2D eigenvalue weighted by molar-refractivity contribution is -0.870. The van der Waals surface area contributed by atoms with Gasteiger partial charge in [-0.25, -0.2) is 4.57 Å². The van der Waals surface area contributed by atoms with Gasteiger partial charge in [0, 0.05) is 12.8 Å². The minimum Gasteiger partial charge on any atom is -0.456 e. The van der Waals surface area contributed by atoms with Gasteiger partial charge in [-0.2, -0.15) is 0 Å². The van der Waals surface area contributed by atoms with Crippen molar-refractivity contribution >= 4 is 19.7 Å². The summed E-state index contributed by atoms with van der Waals surface area (Å²) in [5.41, 5.74) is 0. The van der Waals surface area contributed by atoms with Crippen LogP contribution in [-0.2, 0) is 27.9 Å². The van der Waals surface area contributed by atoms with E-state index >= 15 is 0 Å². The van der Waals surface area contributed by atoms with Gasteiger partial charge in [0.1, 0.15) is 19.3 Å². The molecule has 0 aliphatic rings. The molecule has 2 N–H and O–H groups in total. The number of hydrogen-bond acceptors (Lipinski definition) is 6. The Morgan fingerprint density at radius 1 is 0.439 bits per heavy atom. The van der Waals surface area contributed by atoms with Crippen molar-refractivity contribution in [3.63, 3.8) is 0 Å². The zero-order valence-electron chi connectivity index (χ0n) is 54.0. The summed E-state index contributed by atoms with van der Waals surface area (Å²) in [5.74, 6) is -0.528. The van der Waals surface area contributed by atoms with Crippen molar-refractivity contribution < 1.29 is 37.3 Å². The Labute approximate surface area is 506 Å². The third-order valence-corrected chi connectivity index (χ3v) is 15.4. The first kappa shape index (κ1) is 78.7. The van der Waals surface area contributed by atoms with Crippen molar-refractivity contribution in [1.82, 2.24) is 5.32 Å². The first-order valence-corrected chi connectivity index (χ1v) is 35.2. The van der Waals surface area contributed by atoms with Crippen molar-refractivity contribution in [2.24, 2.45) is 0 Å². The standard InChI is InChI=1S/C72H127N2O7P/c1-7-10-13-16-19-22-25-28-30-32-34-35-36-37-38-39-41-43-45-47-50-53-56-59-62-65-72(76)81-70(63-60-57-54-51-48-27-24-21-18-15-12-9-3)69(68-80-82(77,78)79-67-66-74(4,5)6)73-71(75)64-61-58-55-52-49-46-44-42-40-33-31-29-26-23-20-17-14-11-8-2/h10,13,19-20,22-23,28-31,34-35,37-38,40,42,60,63,69-70H,7-9,11-12,14-18,21,24-27,32-33,36,39,41,43-59,61-62,64-68H2,1-6H3,(H-,73,75,77,78)/p+1/b13-10-,22-19-,23-20-,30-28-,31-29-,35-34-,38-37-,42-40-,63-60-. The molecule has 3 unspecified atom stereocenters. The van der Waals surface area contributed by atoms with E-state index in [-0.39, 0.29) is 31.5 Å². The minimum atomic E-state index is -4.46. The summed E-state index contributed by atoms with van der Waals surface area (Å²) in [6.45, 7) is 6.86. The molecule has 0 radical (unpaired) electrons. The minimum absolute atomic E-state index is 0.0315. The van der Waals surface area contributed by atoms with Crippen molar-refractivity contribution in [2.45, 2.75) is 296 Å². The van der Waals surface area contributed by atoms with E-state index in [1.54, 1.807) is 0 Å². The zero-order valence-corrected chi connectivity index (χ0v) is 54.8. The van der Waals surface area contributed by atoms with Gasteiger partial charge in [0.05, 0.1) is 33.8 Å². The maximum Gasteiger partial charge on any atom is 0.472 e. The van der Waals surface area contributed by atoms with E-state index in [1.165, 1.54) is 116 Å². The Morgan fingerprint density at radius 3 is 1.20 bits per heavy atom. The van der Waals surface area contributed by atoms with Gasteiger partial charge in [-0.3, -0.25) is 18.6 Å². The average Bonchev–Trinajstić information content (AvgIpc) is 3.44. The van der Waals surface area contributed by atoms with E-state index in [0.29, 0.717) is 17.4 Å². The number of amides is 1. The predicted octanol–water partition coefficient (Wildman–Crippen LogP) is 21.3. The number of hydrogen-bond donors (Lipinski definition) is 2. The number of unbranched alkanes of at least 4 members (excludes halogenated alkanes) is 28. The van der Waals surface area contributed by atoms with Gasteiger partial charge in [-0.05, 0) is 115 Å². The summed E-state index contributed by atoms with van der Waals surface area (Å²) in [6, 6.07) is -0.865. The Bertz CT molecular complexity index is 1770. The molecule has 10 heteroatoms. The van der Waals surface area contributed by atoms with Crippen LogP contribution in [0.2, 0.25) is 0 Å². The van der Waals surface area contributed by atoms with Crippen LogP contribution < -0.4 is 5.32 Å². The summed E-state index contributed by atoms with van der Waals surface area (Å²) in [4.78, 5) is 37.8. The molecule has 472 valence electrons. The molecule has 0 saturated heterocycles. The fourth-order valence-corrected chi connectivity index (χ4v) is 10.0. The van der Waals surface area contributed by atoms with E-state index < -0.39 is 20.0 Å². The van der Waals surface area contributed by atoms with Gasteiger partial charge in [0.2, 0.25) is 5.91 Å². The number of carbonyl (C=O) groups excluding carboxylic acids is 2. The Morgan fingerprint density at radius 2 is 0.780 bits per heavy atom. The molecule has 3 atom stereocenters. The van der Waals surface area contributed by atoms with Crippen molar-refractivity contribution in [1.29, 1.82) is 0 Å². The van der Waals surface area contributed by atoms with Crippen molar-refractivity contribution in [2.75, 3.05) is 40.9 Å². The smallest absolute Gasteiger partial charge is 0.456 e. The van der Waals surface area contributed by atoms with Crippen LogP contribution in [0.1, 0.15) is 284 Å². The van der Waals surface area contributed by atoms with E-state index in [2.05, 4.69) is 123 Å². The van der Waals surface area contributed by atoms with Crippen LogP contribution in [0.5, 0.6) is 0 Å². The lowest BCUT2D eigenvalue weighted by atomic mass is 10.0. The first-order valence-electron chi connectivity index (χ1n) is 33.7. The highest BCUT2D eigenvalue weighted by Gasteiger charge is 2.30. The number of esters is 1. The number of likely N-dealkylation sites (N-methyl/N-ethyl adjacent to an activating group) is 1. The summed E-state index contributed by atoms with van der Waals surface area (Å²) < 4.78 is 30.8. The lowest BCUT2D eigenvalue weighted by Crippen LogP contribution is -2.47. The third kappa shape index (κ3) is 61.2. The predicted molar refractivity (Wildman–Crippen MR) is 355 cm³/mol. The van der Waals surface area contributed by atoms with Gasteiger partial charge in [0.25, 0.3) is 0 Å². The normalized spacial score (nSPS) is 14.3. The van der Waals surface area contributed by atoms with Crippen LogP contribution in [0.3, 0.4) is 0 Å². The van der Waals surface area contributed by atoms with Gasteiger partial charge in [-0.1, -0.05) is 265 Å². The average molecular weight is 1160 g/mol. The number of nitrogens with zero attached hydrogens (tertiary/aromatic N) is 1. The number of phosphoric acid groups is 1. The second-order valence-corrected chi connectivity index (χ2v) is 25.1. The highest BCUT2D eigenvalue weighted by Crippen LogP contribution is 2.43. The van der Waals surface area contributed by atoms with Crippen molar-refractivity contribution in [3.8, 4) is 0 Å². The van der Waals surface area contributed by atoms with E-state index in [4.69, 9.17) is 13.8 Å². The highest BCUT2D eigenvalue weighted by atomic mass is 31.2. The molecule has 0 aliphatic heterocycles. The second kappa shape index (κ2) is 60.8. The molecule has 0 aliphatic carbocycles. The number of phosphoric ester groups is 1. The number of allylic oxidation sites excluding steroid dienone is 17. The number of carbonyl (C=O) groups is 2. The highest BCUT2D eigenvalue weighted by molar-refractivity contribution is 7.47. The van der Waals surface area contributed by atoms with E-state index in [1.807, 2.05) is 33.3 Å². The topological polar surface area (TPSA) is 111 Å². The molecule has 0 heterocycles. The number of nitrogens with one attached hydrogen (secondary N) is 1. The van der Waals surface area contributed by atoms with Crippen LogP contribution in [0.25, 0.3) is 0 Å². The van der Waals surface area contributed by atoms with Crippen LogP contribution in [0.4, 0.5) is 0 Å². The monoisotopic (exact) mass is 1160 g/mol. The molecule has 82 heavy (non-hydrogen) atoms. The molecule has 0 aromatic heterocycles. The van der Waals surface area contributed by atoms with Gasteiger partial charge in [-0.15, -0.1) is 0 Å². The maximum atomic E-state index is 13.6. The molecule has 9 nitrogen and oxygen atoms in total. The van der Waals surface area contributed by atoms with Gasteiger partial charge >= 0.3 is 13.8 Å².